The molecule has 26 heavy (non-hydrogen) atoms. The van der Waals surface area contributed by atoms with E-state index in [2.05, 4.69) is 19.1 Å². The fourth-order valence-electron chi connectivity index (χ4n) is 3.32. The molecule has 0 saturated carbocycles. The van der Waals surface area contributed by atoms with Crippen molar-refractivity contribution in [3.8, 4) is 16.9 Å². The number of allylic oxidation sites excluding steroid dienone is 1. The number of halogens is 2. The molecule has 3 rings (SSSR count). The first-order valence-corrected chi connectivity index (χ1v) is 9.04. The summed E-state index contributed by atoms with van der Waals surface area (Å²) >= 11 is 0. The van der Waals surface area contributed by atoms with Crippen molar-refractivity contribution in [1.29, 1.82) is 0 Å². The van der Waals surface area contributed by atoms with Gasteiger partial charge in [0.05, 0.1) is 19.8 Å². The van der Waals surface area contributed by atoms with E-state index in [0.29, 0.717) is 18.1 Å². The summed E-state index contributed by atoms with van der Waals surface area (Å²) in [4.78, 5) is 0. The first-order chi connectivity index (χ1) is 12.6. The standard InChI is InChI=1S/C22H24F2O2/c1-3-4-5-18-11-10-17(14-26-18)15-6-8-16(9-7-15)19-12-13-20(25-2)22(24)21(19)23/h4-9,12-13,17-18H,3,10-11,14H2,1-2H3. The van der Waals surface area contributed by atoms with Crippen LogP contribution in [-0.2, 0) is 4.74 Å². The third-order valence-corrected chi connectivity index (χ3v) is 4.86. The lowest BCUT2D eigenvalue weighted by Gasteiger charge is -2.27. The molecule has 0 N–H and O–H groups in total. The van der Waals surface area contributed by atoms with E-state index < -0.39 is 11.6 Å². The molecule has 1 heterocycles. The Morgan fingerprint density at radius 2 is 1.85 bits per heavy atom. The molecule has 138 valence electrons. The number of ether oxygens (including phenoxy) is 2. The summed E-state index contributed by atoms with van der Waals surface area (Å²) in [7, 11) is 1.32. The maximum absolute atomic E-state index is 14.3. The number of benzene rings is 2. The molecule has 0 radical (unpaired) electrons. The third kappa shape index (κ3) is 3.96. The number of methoxy groups -OCH3 is 1. The Balaban J connectivity index is 1.72. The topological polar surface area (TPSA) is 18.5 Å². The molecule has 2 nitrogen and oxygen atoms in total. The largest absolute Gasteiger partial charge is 0.494 e. The van der Waals surface area contributed by atoms with Crippen molar-refractivity contribution in [1.82, 2.24) is 0 Å². The second-order valence-corrected chi connectivity index (χ2v) is 6.55. The predicted molar refractivity (Wildman–Crippen MR) is 99.5 cm³/mol. The van der Waals surface area contributed by atoms with Crippen LogP contribution >= 0.6 is 0 Å². The van der Waals surface area contributed by atoms with E-state index in [-0.39, 0.29) is 17.4 Å². The van der Waals surface area contributed by atoms with Gasteiger partial charge in [-0.25, -0.2) is 4.39 Å². The van der Waals surface area contributed by atoms with E-state index in [1.165, 1.54) is 18.7 Å². The van der Waals surface area contributed by atoms with Crippen LogP contribution in [0.4, 0.5) is 8.78 Å². The van der Waals surface area contributed by atoms with Crippen LogP contribution in [0.3, 0.4) is 0 Å². The van der Waals surface area contributed by atoms with Crippen LogP contribution < -0.4 is 4.74 Å². The molecule has 2 atom stereocenters. The van der Waals surface area contributed by atoms with Crippen molar-refractivity contribution in [3.05, 3.63) is 65.7 Å². The molecule has 4 heteroatoms. The number of hydrogen-bond acceptors (Lipinski definition) is 2. The van der Waals surface area contributed by atoms with Gasteiger partial charge in [-0.1, -0.05) is 43.3 Å². The molecule has 1 aliphatic rings. The molecule has 1 saturated heterocycles. The summed E-state index contributed by atoms with van der Waals surface area (Å²) in [6.45, 7) is 2.80. The lowest BCUT2D eigenvalue weighted by Crippen LogP contribution is -2.23. The van der Waals surface area contributed by atoms with Gasteiger partial charge in [0.15, 0.2) is 11.6 Å². The Hall–Kier alpha value is -2.20. The number of rotatable bonds is 5. The molecule has 1 aliphatic heterocycles. The van der Waals surface area contributed by atoms with E-state index >= 15 is 0 Å². The maximum Gasteiger partial charge on any atom is 0.201 e. The van der Waals surface area contributed by atoms with Crippen molar-refractivity contribution in [2.45, 2.75) is 38.2 Å². The first-order valence-electron chi connectivity index (χ1n) is 9.04. The monoisotopic (exact) mass is 358 g/mol. The highest BCUT2D eigenvalue weighted by Crippen LogP contribution is 2.33. The average Bonchev–Trinajstić information content (AvgIpc) is 2.69. The number of hydrogen-bond donors (Lipinski definition) is 0. The fourth-order valence-corrected chi connectivity index (χ4v) is 3.32. The molecule has 2 aromatic carbocycles. The zero-order valence-electron chi connectivity index (χ0n) is 15.2. The summed E-state index contributed by atoms with van der Waals surface area (Å²) in [5, 5.41) is 0. The van der Waals surface area contributed by atoms with Gasteiger partial charge in [-0.2, -0.15) is 4.39 Å². The van der Waals surface area contributed by atoms with Gasteiger partial charge in [0, 0.05) is 11.5 Å². The maximum atomic E-state index is 14.3. The van der Waals surface area contributed by atoms with Crippen LogP contribution in [0.5, 0.6) is 5.75 Å². The second-order valence-electron chi connectivity index (χ2n) is 6.55. The van der Waals surface area contributed by atoms with E-state index in [9.17, 15) is 8.78 Å². The Kier molecular flexibility index (Phi) is 6.04. The van der Waals surface area contributed by atoms with E-state index in [1.807, 2.05) is 24.3 Å². The van der Waals surface area contributed by atoms with E-state index in [1.54, 1.807) is 6.07 Å². The lowest BCUT2D eigenvalue weighted by atomic mass is 9.90. The van der Waals surface area contributed by atoms with Crippen LogP contribution in [0.25, 0.3) is 11.1 Å². The minimum atomic E-state index is -0.957. The molecule has 1 fully saturated rings. The minimum absolute atomic E-state index is 0.0890. The highest BCUT2D eigenvalue weighted by molar-refractivity contribution is 5.65. The van der Waals surface area contributed by atoms with Gasteiger partial charge in [-0.3, -0.25) is 0 Å². The Morgan fingerprint density at radius 3 is 2.46 bits per heavy atom. The molecule has 2 unspecified atom stereocenters. The summed E-state index contributed by atoms with van der Waals surface area (Å²) in [5.41, 5.74) is 2.05. The highest BCUT2D eigenvalue weighted by Gasteiger charge is 2.22. The van der Waals surface area contributed by atoms with Crippen LogP contribution in [0.1, 0.15) is 37.7 Å². The fraction of sp³-hybridized carbons (Fsp3) is 0.364. The van der Waals surface area contributed by atoms with Gasteiger partial charge < -0.3 is 9.47 Å². The van der Waals surface area contributed by atoms with Crippen molar-refractivity contribution < 1.29 is 18.3 Å². The van der Waals surface area contributed by atoms with Crippen molar-refractivity contribution in [2.75, 3.05) is 13.7 Å². The van der Waals surface area contributed by atoms with Gasteiger partial charge in [-0.15, -0.1) is 0 Å². The molecule has 2 aromatic rings. The van der Waals surface area contributed by atoms with E-state index in [4.69, 9.17) is 9.47 Å². The van der Waals surface area contributed by atoms with Crippen LogP contribution in [0.15, 0.2) is 48.6 Å². The van der Waals surface area contributed by atoms with Crippen LogP contribution in [0, 0.1) is 11.6 Å². The van der Waals surface area contributed by atoms with Crippen molar-refractivity contribution in [2.24, 2.45) is 0 Å². The summed E-state index contributed by atoms with van der Waals surface area (Å²) in [6, 6.07) is 10.6. The molecule has 0 aromatic heterocycles. The summed E-state index contributed by atoms with van der Waals surface area (Å²) < 4.78 is 38.9. The zero-order chi connectivity index (χ0) is 18.5. The Morgan fingerprint density at radius 1 is 1.08 bits per heavy atom. The quantitative estimate of drug-likeness (QED) is 0.622. The average molecular weight is 358 g/mol. The van der Waals surface area contributed by atoms with E-state index in [0.717, 1.165) is 19.3 Å². The molecular formula is C22H24F2O2. The van der Waals surface area contributed by atoms with Gasteiger partial charge in [0.25, 0.3) is 0 Å². The predicted octanol–water partition coefficient (Wildman–Crippen LogP) is 5.87. The molecule has 0 aliphatic carbocycles. The summed E-state index contributed by atoms with van der Waals surface area (Å²) in [5.74, 6) is -1.59. The van der Waals surface area contributed by atoms with Crippen LogP contribution in [-0.4, -0.2) is 19.8 Å². The molecule has 0 spiro atoms. The Bertz CT molecular complexity index is 760. The first kappa shape index (κ1) is 18.6. The SMILES string of the molecule is CCC=CC1CCC(c2ccc(-c3ccc(OC)c(F)c3F)cc2)CO1. The smallest absolute Gasteiger partial charge is 0.201 e. The molecular weight excluding hydrogens is 334 g/mol. The van der Waals surface area contributed by atoms with Crippen molar-refractivity contribution >= 4 is 0 Å². The summed E-state index contributed by atoms with van der Waals surface area (Å²) in [6.07, 6.45) is 7.57. The minimum Gasteiger partial charge on any atom is -0.494 e. The van der Waals surface area contributed by atoms with Gasteiger partial charge in [0.1, 0.15) is 0 Å². The highest BCUT2D eigenvalue weighted by atomic mass is 19.2. The second kappa shape index (κ2) is 8.45. The molecule has 0 amide bonds. The lowest BCUT2D eigenvalue weighted by molar-refractivity contribution is 0.0326. The zero-order valence-corrected chi connectivity index (χ0v) is 15.2. The Labute approximate surface area is 153 Å². The van der Waals surface area contributed by atoms with Gasteiger partial charge >= 0.3 is 0 Å². The molecule has 0 bridgehead atoms. The van der Waals surface area contributed by atoms with Gasteiger partial charge in [0.2, 0.25) is 5.82 Å². The van der Waals surface area contributed by atoms with Crippen LogP contribution in [0.2, 0.25) is 0 Å². The van der Waals surface area contributed by atoms with Crippen molar-refractivity contribution in [3.63, 3.8) is 0 Å². The third-order valence-electron chi connectivity index (χ3n) is 4.86. The van der Waals surface area contributed by atoms with Gasteiger partial charge in [-0.05, 0) is 42.5 Å². The normalized spacial score (nSPS) is 20.5.